The Kier molecular flexibility index (Phi) is 12.3. The first kappa shape index (κ1) is 32.4. The van der Waals surface area contributed by atoms with Crippen molar-refractivity contribution >= 4 is 75.3 Å². The van der Waals surface area contributed by atoms with E-state index in [0.29, 0.717) is 52.1 Å². The van der Waals surface area contributed by atoms with Crippen molar-refractivity contribution in [1.82, 2.24) is 19.4 Å². The molecule has 1 atom stereocenters. The Morgan fingerprint density at radius 2 is 1.70 bits per heavy atom. The molecule has 1 amide bonds. The summed E-state index contributed by atoms with van der Waals surface area (Å²) in [5.74, 6) is 0.504. The van der Waals surface area contributed by atoms with Gasteiger partial charge in [0.2, 0.25) is 0 Å². The summed E-state index contributed by atoms with van der Waals surface area (Å²) in [6.45, 7) is 8.82. The second kappa shape index (κ2) is 15.2. The first-order valence-electron chi connectivity index (χ1n) is 12.8. The van der Waals surface area contributed by atoms with E-state index in [1.54, 1.807) is 10.6 Å². The largest absolute Gasteiger partial charge is 0.327 e. The summed E-state index contributed by atoms with van der Waals surface area (Å²) in [4.78, 5) is 37.4. The van der Waals surface area contributed by atoms with Crippen molar-refractivity contribution in [3.05, 3.63) is 107 Å². The Morgan fingerprint density at radius 1 is 1.07 bits per heavy atom. The molecule has 212 valence electrons. The SMILES string of the molecule is C=CC.CCC(c1nc2sc(Br)c(Br)c2c(=O)n1Cc1ccccc1)N(CCN(C)C)C(=O)c1ccc(Br)cc1. The Morgan fingerprint density at radius 3 is 2.27 bits per heavy atom. The molecule has 0 N–H and O–H groups in total. The van der Waals surface area contributed by atoms with Crippen LogP contribution in [0.1, 0.15) is 48.1 Å². The third-order valence-corrected chi connectivity index (χ3v) is 10.00. The molecule has 0 fully saturated rings. The van der Waals surface area contributed by atoms with Crippen molar-refractivity contribution in [2.45, 2.75) is 32.9 Å². The Bertz CT molecular complexity index is 1500. The summed E-state index contributed by atoms with van der Waals surface area (Å²) >= 11 is 12.0. The zero-order valence-corrected chi connectivity index (χ0v) is 28.6. The van der Waals surface area contributed by atoms with Crippen molar-refractivity contribution < 1.29 is 4.79 Å². The molecule has 10 heteroatoms. The zero-order chi connectivity index (χ0) is 29.4. The van der Waals surface area contributed by atoms with Crippen LogP contribution < -0.4 is 5.56 Å². The van der Waals surface area contributed by atoms with Gasteiger partial charge in [0.05, 0.1) is 26.2 Å². The molecular weight excluding hydrogens is 720 g/mol. The molecular formula is C30H33Br3N4O2S. The van der Waals surface area contributed by atoms with Gasteiger partial charge >= 0.3 is 0 Å². The highest BCUT2D eigenvalue weighted by atomic mass is 79.9. The normalized spacial score (nSPS) is 11.7. The van der Waals surface area contributed by atoms with Gasteiger partial charge in [0.25, 0.3) is 11.5 Å². The Labute approximate surface area is 265 Å². The summed E-state index contributed by atoms with van der Waals surface area (Å²) < 4.78 is 4.17. The van der Waals surface area contributed by atoms with Gasteiger partial charge in [0.1, 0.15) is 10.7 Å². The van der Waals surface area contributed by atoms with Crippen LogP contribution in [0.15, 0.2) is 84.8 Å². The number of allylic oxidation sites excluding steroid dienone is 1. The molecule has 0 aliphatic carbocycles. The van der Waals surface area contributed by atoms with Crippen LogP contribution in [-0.2, 0) is 6.54 Å². The maximum atomic E-state index is 13.9. The van der Waals surface area contributed by atoms with Gasteiger partial charge in [-0.15, -0.1) is 17.9 Å². The maximum Gasteiger partial charge on any atom is 0.263 e. The van der Waals surface area contributed by atoms with E-state index in [2.05, 4.69) is 59.3 Å². The number of amides is 1. The monoisotopic (exact) mass is 750 g/mol. The van der Waals surface area contributed by atoms with Crippen molar-refractivity contribution in [2.75, 3.05) is 27.2 Å². The van der Waals surface area contributed by atoms with Crippen LogP contribution >= 0.6 is 59.1 Å². The predicted molar refractivity (Wildman–Crippen MR) is 177 cm³/mol. The van der Waals surface area contributed by atoms with Gasteiger partial charge in [0, 0.05) is 23.1 Å². The number of rotatable bonds is 9. The number of halogens is 3. The molecule has 0 aliphatic heterocycles. The molecule has 0 bridgehead atoms. The predicted octanol–water partition coefficient (Wildman–Crippen LogP) is 8.14. The standard InChI is InChI=1S/C27H27Br3N4O2S.C3H6/c1-4-20(33(15-14-32(2)3)26(35)18-10-12-19(28)13-11-18)24-31-25-21(22(29)23(30)37-25)27(36)34(24)16-17-8-6-5-7-9-17;1-3-2/h5-13,20H,4,14-16H2,1-3H3;3H,1H2,2H3. The topological polar surface area (TPSA) is 58.4 Å². The van der Waals surface area contributed by atoms with Crippen LogP contribution in [0.4, 0.5) is 0 Å². The fourth-order valence-corrected chi connectivity index (χ4v) is 6.67. The highest BCUT2D eigenvalue weighted by Crippen LogP contribution is 2.38. The minimum Gasteiger partial charge on any atom is -0.327 e. The molecule has 0 spiro atoms. The molecule has 2 aromatic carbocycles. The quantitative estimate of drug-likeness (QED) is 0.162. The zero-order valence-electron chi connectivity index (χ0n) is 23.0. The van der Waals surface area contributed by atoms with Crippen LogP contribution in [-0.4, -0.2) is 52.4 Å². The van der Waals surface area contributed by atoms with E-state index in [1.165, 1.54) is 11.3 Å². The van der Waals surface area contributed by atoms with E-state index >= 15 is 0 Å². The molecule has 1 unspecified atom stereocenters. The minimum absolute atomic E-state index is 0.0876. The summed E-state index contributed by atoms with van der Waals surface area (Å²) in [5.41, 5.74) is 1.46. The van der Waals surface area contributed by atoms with Crippen molar-refractivity contribution in [3.8, 4) is 0 Å². The molecule has 2 heterocycles. The lowest BCUT2D eigenvalue weighted by Crippen LogP contribution is -2.42. The van der Waals surface area contributed by atoms with Gasteiger partial charge in [-0.05, 0) is 89.1 Å². The van der Waals surface area contributed by atoms with Crippen LogP contribution in [0.25, 0.3) is 10.2 Å². The number of fused-ring (bicyclic) bond motifs is 1. The molecule has 40 heavy (non-hydrogen) atoms. The number of nitrogens with zero attached hydrogens (tertiary/aromatic N) is 4. The lowest BCUT2D eigenvalue weighted by Gasteiger charge is -2.33. The van der Waals surface area contributed by atoms with Gasteiger partial charge in [0.15, 0.2) is 0 Å². The highest BCUT2D eigenvalue weighted by molar-refractivity contribution is 9.13. The van der Waals surface area contributed by atoms with E-state index in [0.717, 1.165) is 13.8 Å². The molecule has 6 nitrogen and oxygen atoms in total. The summed E-state index contributed by atoms with van der Waals surface area (Å²) in [7, 11) is 3.97. The van der Waals surface area contributed by atoms with E-state index in [9.17, 15) is 9.59 Å². The second-order valence-corrected chi connectivity index (χ2v) is 13.4. The number of likely N-dealkylation sites (N-methyl/N-ethyl adjacent to an activating group) is 1. The number of aromatic nitrogens is 2. The van der Waals surface area contributed by atoms with Gasteiger partial charge < -0.3 is 9.80 Å². The second-order valence-electron chi connectivity index (χ2n) is 9.36. The molecule has 0 radical (unpaired) electrons. The van der Waals surface area contributed by atoms with E-state index in [1.807, 2.05) is 87.4 Å². The van der Waals surface area contributed by atoms with Crippen LogP contribution in [0, 0.1) is 0 Å². The molecule has 2 aromatic heterocycles. The van der Waals surface area contributed by atoms with Gasteiger partial charge in [-0.2, -0.15) is 0 Å². The van der Waals surface area contributed by atoms with Crippen molar-refractivity contribution in [2.24, 2.45) is 0 Å². The number of carbonyl (C=O) groups excluding carboxylic acids is 1. The third kappa shape index (κ3) is 7.79. The molecule has 0 saturated heterocycles. The Hall–Kier alpha value is -2.11. The summed E-state index contributed by atoms with van der Waals surface area (Å²) in [6.07, 6.45) is 2.36. The van der Waals surface area contributed by atoms with Crippen molar-refractivity contribution in [3.63, 3.8) is 0 Å². The number of thiophene rings is 1. The van der Waals surface area contributed by atoms with Gasteiger partial charge in [-0.25, -0.2) is 4.98 Å². The lowest BCUT2D eigenvalue weighted by atomic mass is 10.1. The third-order valence-electron chi connectivity index (χ3n) is 6.13. The van der Waals surface area contributed by atoms with Crippen LogP contribution in [0.2, 0.25) is 0 Å². The highest BCUT2D eigenvalue weighted by Gasteiger charge is 2.30. The van der Waals surface area contributed by atoms with Crippen LogP contribution in [0.5, 0.6) is 0 Å². The average molecular weight is 753 g/mol. The average Bonchev–Trinajstić information content (AvgIpc) is 3.22. The molecule has 0 saturated carbocycles. The number of hydrogen-bond acceptors (Lipinski definition) is 5. The fourth-order valence-electron chi connectivity index (χ4n) is 4.22. The van der Waals surface area contributed by atoms with Crippen molar-refractivity contribution in [1.29, 1.82) is 0 Å². The molecule has 4 aromatic rings. The minimum atomic E-state index is -0.392. The number of carbonyl (C=O) groups is 1. The fraction of sp³-hybridized carbons (Fsp3) is 0.300. The van der Waals surface area contributed by atoms with E-state index in [4.69, 9.17) is 4.98 Å². The maximum absolute atomic E-state index is 13.9. The van der Waals surface area contributed by atoms with E-state index < -0.39 is 6.04 Å². The Balaban J connectivity index is 0.00000141. The smallest absolute Gasteiger partial charge is 0.263 e. The molecule has 0 aliphatic rings. The van der Waals surface area contributed by atoms with Gasteiger partial charge in [-0.3, -0.25) is 14.2 Å². The first-order chi connectivity index (χ1) is 19.1. The lowest BCUT2D eigenvalue weighted by molar-refractivity contribution is 0.0642. The number of benzene rings is 2. The summed E-state index contributed by atoms with van der Waals surface area (Å²) in [5, 5.41) is 0.547. The first-order valence-corrected chi connectivity index (χ1v) is 16.0. The molecule has 4 rings (SSSR count). The van der Waals surface area contributed by atoms with Gasteiger partial charge in [-0.1, -0.05) is 59.3 Å². The summed E-state index contributed by atoms with van der Waals surface area (Å²) in [6, 6.07) is 16.9. The number of hydrogen-bond donors (Lipinski definition) is 0. The van der Waals surface area contributed by atoms with E-state index in [-0.39, 0.29) is 11.5 Å². The van der Waals surface area contributed by atoms with Crippen LogP contribution in [0.3, 0.4) is 0 Å².